The summed E-state index contributed by atoms with van der Waals surface area (Å²) < 4.78 is 0. The van der Waals surface area contributed by atoms with Gasteiger partial charge in [0.1, 0.15) is 0 Å². The number of aliphatic hydroxyl groups is 1. The van der Waals surface area contributed by atoms with E-state index in [0.29, 0.717) is 13.1 Å². The van der Waals surface area contributed by atoms with Gasteiger partial charge in [-0.1, -0.05) is 18.2 Å². The number of thioether (sulfide) groups is 1. The van der Waals surface area contributed by atoms with Crippen molar-refractivity contribution < 1.29 is 9.90 Å². The number of fused-ring (bicyclic) bond motifs is 1. The second kappa shape index (κ2) is 5.15. The van der Waals surface area contributed by atoms with Crippen molar-refractivity contribution in [2.45, 2.75) is 23.0 Å². The van der Waals surface area contributed by atoms with Crippen molar-refractivity contribution in [3.05, 3.63) is 29.8 Å². The second-order valence-corrected chi connectivity index (χ2v) is 6.21. The summed E-state index contributed by atoms with van der Waals surface area (Å²) in [6.45, 7) is 1.24. The van der Waals surface area contributed by atoms with E-state index in [4.69, 9.17) is 0 Å². The normalized spacial score (nSPS) is 29.3. The predicted molar refractivity (Wildman–Crippen MR) is 75.3 cm³/mol. The zero-order chi connectivity index (χ0) is 13.4. The van der Waals surface area contributed by atoms with Gasteiger partial charge in [0, 0.05) is 30.8 Å². The minimum Gasteiger partial charge on any atom is -0.390 e. The van der Waals surface area contributed by atoms with Crippen molar-refractivity contribution in [2.24, 2.45) is 0 Å². The summed E-state index contributed by atoms with van der Waals surface area (Å²) in [5.41, 5.74) is 1.13. The lowest BCUT2D eigenvalue weighted by Crippen LogP contribution is -2.46. The van der Waals surface area contributed by atoms with Crippen LogP contribution in [0.5, 0.6) is 0 Å². The zero-order valence-electron chi connectivity index (χ0n) is 10.9. The van der Waals surface area contributed by atoms with Crippen molar-refractivity contribution in [1.29, 1.82) is 0 Å². The summed E-state index contributed by atoms with van der Waals surface area (Å²) >= 11 is 1.74. The first-order valence-electron chi connectivity index (χ1n) is 6.55. The highest BCUT2D eigenvalue weighted by atomic mass is 32.2. The van der Waals surface area contributed by atoms with Gasteiger partial charge < -0.3 is 15.3 Å². The first-order chi connectivity index (χ1) is 9.18. The van der Waals surface area contributed by atoms with Gasteiger partial charge in [-0.3, -0.25) is 4.79 Å². The maximum Gasteiger partial charge on any atom is 0.231 e. The number of amides is 1. The van der Waals surface area contributed by atoms with Gasteiger partial charge in [-0.05, 0) is 11.6 Å². The highest BCUT2D eigenvalue weighted by Gasteiger charge is 2.37. The second-order valence-electron chi connectivity index (χ2n) is 5.14. The Hall–Kier alpha value is -1.04. The summed E-state index contributed by atoms with van der Waals surface area (Å²) in [5, 5.41) is 13.0. The molecule has 0 aliphatic carbocycles. The highest BCUT2D eigenvalue weighted by Crippen LogP contribution is 2.40. The fraction of sp³-hybridized carbons (Fsp3) is 0.500. The molecule has 0 spiro atoms. The zero-order valence-corrected chi connectivity index (χ0v) is 11.7. The Kier molecular flexibility index (Phi) is 3.52. The Labute approximate surface area is 117 Å². The van der Waals surface area contributed by atoms with E-state index in [1.165, 1.54) is 4.90 Å². The average Bonchev–Trinajstić information content (AvgIpc) is 3.03. The molecular formula is C14H18N2O2S. The van der Waals surface area contributed by atoms with Gasteiger partial charge in [-0.25, -0.2) is 0 Å². The molecule has 0 saturated carbocycles. The van der Waals surface area contributed by atoms with Crippen LogP contribution in [-0.4, -0.2) is 53.9 Å². The van der Waals surface area contributed by atoms with Crippen LogP contribution in [0.4, 0.5) is 0 Å². The standard InChI is InChI=1S/C14H18N2O2S/c1-16(11-6-15-7-12(11)17)14(18)10-8-19-13-5-3-2-4-9(10)13/h2-5,10-12,15,17H,6-8H2,1H3/t10?,11-,12-/m0/s1. The molecule has 2 aliphatic heterocycles. The number of nitrogens with zero attached hydrogens (tertiary/aromatic N) is 1. The fourth-order valence-corrected chi connectivity index (χ4v) is 4.04. The van der Waals surface area contributed by atoms with E-state index in [1.807, 2.05) is 18.2 Å². The van der Waals surface area contributed by atoms with Crippen LogP contribution in [0.25, 0.3) is 0 Å². The lowest BCUT2D eigenvalue weighted by atomic mass is 9.99. The number of hydrogen-bond donors (Lipinski definition) is 2. The molecule has 2 aliphatic rings. The lowest BCUT2D eigenvalue weighted by Gasteiger charge is -2.29. The minimum absolute atomic E-state index is 0.0704. The lowest BCUT2D eigenvalue weighted by molar-refractivity contribution is -0.134. The molecule has 0 radical (unpaired) electrons. The average molecular weight is 278 g/mol. The van der Waals surface area contributed by atoms with E-state index in [0.717, 1.165) is 11.3 Å². The van der Waals surface area contributed by atoms with Crippen molar-refractivity contribution in [2.75, 3.05) is 25.9 Å². The predicted octanol–water partition coefficient (Wildman–Crippen LogP) is 0.667. The molecule has 4 nitrogen and oxygen atoms in total. The van der Waals surface area contributed by atoms with Crippen LogP contribution < -0.4 is 5.32 Å². The molecule has 19 heavy (non-hydrogen) atoms. The largest absolute Gasteiger partial charge is 0.390 e. The fourth-order valence-electron chi connectivity index (χ4n) is 2.82. The third-order valence-corrected chi connectivity index (χ3v) is 5.18. The molecule has 3 rings (SSSR count). The summed E-state index contributed by atoms with van der Waals surface area (Å²) in [6, 6.07) is 7.99. The number of benzene rings is 1. The van der Waals surface area contributed by atoms with Crippen molar-refractivity contribution in [1.82, 2.24) is 10.2 Å². The summed E-state index contributed by atoms with van der Waals surface area (Å²) in [6.07, 6.45) is -0.460. The Balaban J connectivity index is 1.78. The molecule has 102 valence electrons. The van der Waals surface area contributed by atoms with Crippen molar-refractivity contribution in [3.63, 3.8) is 0 Å². The molecule has 1 aromatic carbocycles. The van der Waals surface area contributed by atoms with Crippen LogP contribution >= 0.6 is 11.8 Å². The molecule has 1 unspecified atom stereocenters. The Bertz CT molecular complexity index is 494. The van der Waals surface area contributed by atoms with Gasteiger partial charge in [0.25, 0.3) is 0 Å². The van der Waals surface area contributed by atoms with Gasteiger partial charge in [-0.15, -0.1) is 11.8 Å². The number of likely N-dealkylation sites (N-methyl/N-ethyl adjacent to an activating group) is 1. The SMILES string of the molecule is CN(C(=O)C1CSc2ccccc21)[C@H]1CNC[C@@H]1O. The molecule has 2 N–H and O–H groups in total. The van der Waals surface area contributed by atoms with Crippen LogP contribution in [-0.2, 0) is 4.79 Å². The number of β-amino-alcohol motifs (C(OH)–C–C–N with tert-alkyl or cyclic N) is 1. The quantitative estimate of drug-likeness (QED) is 0.835. The smallest absolute Gasteiger partial charge is 0.231 e. The molecule has 5 heteroatoms. The van der Waals surface area contributed by atoms with Crippen LogP contribution in [0.1, 0.15) is 11.5 Å². The van der Waals surface area contributed by atoms with Gasteiger partial charge in [0.15, 0.2) is 0 Å². The number of nitrogens with one attached hydrogen (secondary N) is 1. The summed E-state index contributed by atoms with van der Waals surface area (Å²) in [4.78, 5) is 15.5. The Morgan fingerprint density at radius 2 is 2.21 bits per heavy atom. The molecule has 1 fully saturated rings. The Morgan fingerprint density at radius 1 is 1.42 bits per heavy atom. The maximum atomic E-state index is 12.6. The van der Waals surface area contributed by atoms with E-state index < -0.39 is 6.10 Å². The van der Waals surface area contributed by atoms with Gasteiger partial charge in [0.05, 0.1) is 18.1 Å². The molecule has 0 aromatic heterocycles. The summed E-state index contributed by atoms with van der Waals surface area (Å²) in [7, 11) is 1.80. The summed E-state index contributed by atoms with van der Waals surface area (Å²) in [5.74, 6) is 0.850. The molecule has 1 saturated heterocycles. The van der Waals surface area contributed by atoms with Gasteiger partial charge in [-0.2, -0.15) is 0 Å². The molecule has 1 amide bonds. The topological polar surface area (TPSA) is 52.6 Å². The minimum atomic E-state index is -0.460. The van der Waals surface area contributed by atoms with Crippen molar-refractivity contribution >= 4 is 17.7 Å². The Morgan fingerprint density at radius 3 is 2.95 bits per heavy atom. The van der Waals surface area contributed by atoms with Gasteiger partial charge >= 0.3 is 0 Å². The highest BCUT2D eigenvalue weighted by molar-refractivity contribution is 7.99. The van der Waals surface area contributed by atoms with E-state index in [-0.39, 0.29) is 17.9 Å². The van der Waals surface area contributed by atoms with Crippen LogP contribution in [0.3, 0.4) is 0 Å². The van der Waals surface area contributed by atoms with E-state index in [2.05, 4.69) is 11.4 Å². The number of carbonyl (C=O) groups excluding carboxylic acids is 1. The molecule has 1 aromatic rings. The van der Waals surface area contributed by atoms with Crippen molar-refractivity contribution in [3.8, 4) is 0 Å². The third-order valence-electron chi connectivity index (χ3n) is 3.99. The maximum absolute atomic E-state index is 12.6. The van der Waals surface area contributed by atoms with Crippen LogP contribution in [0.2, 0.25) is 0 Å². The van der Waals surface area contributed by atoms with E-state index >= 15 is 0 Å². The van der Waals surface area contributed by atoms with Crippen LogP contribution in [0.15, 0.2) is 29.2 Å². The van der Waals surface area contributed by atoms with Crippen LogP contribution in [0, 0.1) is 0 Å². The molecular weight excluding hydrogens is 260 g/mol. The van der Waals surface area contributed by atoms with E-state index in [9.17, 15) is 9.90 Å². The first kappa shape index (κ1) is 13.0. The number of carbonyl (C=O) groups is 1. The monoisotopic (exact) mass is 278 g/mol. The number of hydrogen-bond acceptors (Lipinski definition) is 4. The van der Waals surface area contributed by atoms with E-state index in [1.54, 1.807) is 23.7 Å². The van der Waals surface area contributed by atoms with Gasteiger partial charge in [0.2, 0.25) is 5.91 Å². The number of aliphatic hydroxyl groups excluding tert-OH is 1. The molecule has 0 bridgehead atoms. The molecule has 2 heterocycles. The third kappa shape index (κ3) is 2.26. The number of rotatable bonds is 2. The molecule has 3 atom stereocenters. The first-order valence-corrected chi connectivity index (χ1v) is 7.54.